The molecule has 7 nitrogen and oxygen atoms in total. The van der Waals surface area contributed by atoms with E-state index in [4.69, 9.17) is 9.05 Å². The maximum Gasteiger partial charge on any atom is 0.333 e. The third-order valence-electron chi connectivity index (χ3n) is 2.54. The molecule has 0 amide bonds. The van der Waals surface area contributed by atoms with Crippen LogP contribution in [0.1, 0.15) is 25.5 Å². The van der Waals surface area contributed by atoms with E-state index in [1.165, 1.54) is 24.3 Å². The highest BCUT2D eigenvalue weighted by molar-refractivity contribution is 7.53. The number of hydrogen-bond donors (Lipinski definition) is 1. The summed E-state index contributed by atoms with van der Waals surface area (Å²) in [7, 11) is -3.36. The first-order valence-corrected chi connectivity index (χ1v) is 7.95. The molecule has 0 saturated carbocycles. The first-order chi connectivity index (χ1) is 9.41. The van der Waals surface area contributed by atoms with E-state index in [9.17, 15) is 19.8 Å². The maximum atomic E-state index is 12.3. The van der Waals surface area contributed by atoms with E-state index in [0.717, 1.165) is 0 Å². The van der Waals surface area contributed by atoms with Crippen molar-refractivity contribution in [3.8, 4) is 0 Å². The second kappa shape index (κ2) is 7.50. The average Bonchev–Trinajstić information content (AvgIpc) is 2.39. The van der Waals surface area contributed by atoms with E-state index in [2.05, 4.69) is 0 Å². The normalized spacial score (nSPS) is 13.2. The van der Waals surface area contributed by atoms with Gasteiger partial charge in [0.05, 0.1) is 30.4 Å². The molecule has 0 saturated heterocycles. The summed E-state index contributed by atoms with van der Waals surface area (Å²) in [5.41, 5.74) is 0.356. The molecule has 0 radical (unpaired) electrons. The summed E-state index contributed by atoms with van der Waals surface area (Å²) in [6.07, 6.45) is -1.26. The van der Waals surface area contributed by atoms with Gasteiger partial charge in [0, 0.05) is 12.1 Å². The summed E-state index contributed by atoms with van der Waals surface area (Å²) >= 11 is 0. The van der Waals surface area contributed by atoms with E-state index in [0.29, 0.717) is 5.56 Å². The van der Waals surface area contributed by atoms with Crippen LogP contribution in [0.2, 0.25) is 0 Å². The van der Waals surface area contributed by atoms with Crippen molar-refractivity contribution in [2.24, 2.45) is 0 Å². The van der Waals surface area contributed by atoms with Crippen LogP contribution in [-0.2, 0) is 13.6 Å². The van der Waals surface area contributed by atoms with Crippen LogP contribution >= 0.6 is 7.60 Å². The Morgan fingerprint density at radius 2 is 1.75 bits per heavy atom. The minimum Gasteiger partial charge on any atom is -0.388 e. The van der Waals surface area contributed by atoms with Gasteiger partial charge in [0.25, 0.3) is 5.69 Å². The highest BCUT2D eigenvalue weighted by atomic mass is 31.2. The number of rotatable bonds is 8. The molecule has 20 heavy (non-hydrogen) atoms. The lowest BCUT2D eigenvalue weighted by atomic mass is 10.1. The molecular weight excluding hydrogens is 285 g/mol. The van der Waals surface area contributed by atoms with Gasteiger partial charge in [-0.15, -0.1) is 0 Å². The SMILES string of the molecule is CCOP(=O)(C[C@@H](O)c1ccc([N+](=O)[O-])cc1)OCC. The fraction of sp³-hybridized carbons (Fsp3) is 0.500. The molecule has 0 unspecified atom stereocenters. The van der Waals surface area contributed by atoms with Crippen molar-refractivity contribution in [3.63, 3.8) is 0 Å². The van der Waals surface area contributed by atoms with Gasteiger partial charge in [-0.3, -0.25) is 14.7 Å². The zero-order valence-electron chi connectivity index (χ0n) is 11.4. The highest BCUT2D eigenvalue weighted by Crippen LogP contribution is 2.50. The lowest BCUT2D eigenvalue weighted by molar-refractivity contribution is -0.384. The van der Waals surface area contributed by atoms with E-state index in [1.807, 2.05) is 0 Å². The van der Waals surface area contributed by atoms with Crippen molar-refractivity contribution >= 4 is 13.3 Å². The van der Waals surface area contributed by atoms with Crippen molar-refractivity contribution in [1.82, 2.24) is 0 Å². The summed E-state index contributed by atoms with van der Waals surface area (Å²) in [6, 6.07) is 5.41. The van der Waals surface area contributed by atoms with Crippen LogP contribution in [0.15, 0.2) is 24.3 Å². The Morgan fingerprint density at radius 1 is 1.25 bits per heavy atom. The Morgan fingerprint density at radius 3 is 2.15 bits per heavy atom. The van der Waals surface area contributed by atoms with Gasteiger partial charge in [-0.1, -0.05) is 0 Å². The highest BCUT2D eigenvalue weighted by Gasteiger charge is 2.28. The molecule has 1 N–H and O–H groups in total. The summed E-state index contributed by atoms with van der Waals surface area (Å²) in [4.78, 5) is 10.0. The minimum atomic E-state index is -3.36. The molecule has 0 bridgehead atoms. The van der Waals surface area contributed by atoms with Crippen LogP contribution < -0.4 is 0 Å². The molecule has 112 valence electrons. The number of nitrogens with zero attached hydrogens (tertiary/aromatic N) is 1. The van der Waals surface area contributed by atoms with Gasteiger partial charge in [-0.2, -0.15) is 0 Å². The zero-order chi connectivity index (χ0) is 15.2. The van der Waals surface area contributed by atoms with Crippen LogP contribution in [0.25, 0.3) is 0 Å². The molecule has 8 heteroatoms. The van der Waals surface area contributed by atoms with Crippen LogP contribution in [0, 0.1) is 10.1 Å². The molecule has 0 aliphatic carbocycles. The molecule has 0 fully saturated rings. The van der Waals surface area contributed by atoms with Gasteiger partial charge < -0.3 is 14.2 Å². The smallest absolute Gasteiger partial charge is 0.333 e. The van der Waals surface area contributed by atoms with Crippen molar-refractivity contribution in [3.05, 3.63) is 39.9 Å². The Balaban J connectivity index is 2.80. The van der Waals surface area contributed by atoms with Crippen LogP contribution in [0.5, 0.6) is 0 Å². The molecule has 0 spiro atoms. The van der Waals surface area contributed by atoms with Crippen molar-refractivity contribution in [2.75, 3.05) is 19.4 Å². The van der Waals surface area contributed by atoms with E-state index >= 15 is 0 Å². The summed E-state index contributed by atoms with van der Waals surface area (Å²) in [6.45, 7) is 3.79. The van der Waals surface area contributed by atoms with Crippen LogP contribution in [0.4, 0.5) is 5.69 Å². The largest absolute Gasteiger partial charge is 0.388 e. The molecule has 1 rings (SSSR count). The second-order valence-electron chi connectivity index (χ2n) is 3.99. The van der Waals surface area contributed by atoms with Crippen LogP contribution in [0.3, 0.4) is 0 Å². The lowest BCUT2D eigenvalue weighted by Crippen LogP contribution is -2.08. The Hall–Kier alpha value is -1.27. The summed E-state index contributed by atoms with van der Waals surface area (Å²) in [5.74, 6) is 0. The number of non-ortho nitro benzene ring substituents is 1. The molecule has 0 aliphatic heterocycles. The molecule has 1 aromatic carbocycles. The Labute approximate surface area is 117 Å². The molecular formula is C12H18NO6P. The Bertz CT molecular complexity index is 479. The predicted molar refractivity (Wildman–Crippen MR) is 73.8 cm³/mol. The average molecular weight is 303 g/mol. The van der Waals surface area contributed by atoms with Gasteiger partial charge in [-0.05, 0) is 31.5 Å². The van der Waals surface area contributed by atoms with E-state index in [1.54, 1.807) is 13.8 Å². The zero-order valence-corrected chi connectivity index (χ0v) is 12.3. The molecule has 0 heterocycles. The quantitative estimate of drug-likeness (QED) is 0.450. The Kier molecular flexibility index (Phi) is 6.29. The van der Waals surface area contributed by atoms with Crippen molar-refractivity contribution in [2.45, 2.75) is 20.0 Å². The van der Waals surface area contributed by atoms with E-state index in [-0.39, 0.29) is 25.1 Å². The van der Waals surface area contributed by atoms with Gasteiger partial charge in [0.2, 0.25) is 0 Å². The first kappa shape index (κ1) is 16.8. The molecule has 1 atom stereocenters. The monoisotopic (exact) mass is 303 g/mol. The molecule has 0 aromatic heterocycles. The van der Waals surface area contributed by atoms with E-state index < -0.39 is 18.6 Å². The first-order valence-electron chi connectivity index (χ1n) is 6.22. The molecule has 1 aromatic rings. The summed E-state index contributed by atoms with van der Waals surface area (Å²) < 4.78 is 22.4. The van der Waals surface area contributed by atoms with Crippen LogP contribution in [-0.4, -0.2) is 29.4 Å². The minimum absolute atomic E-state index is 0.0706. The number of nitro groups is 1. The van der Waals surface area contributed by atoms with Gasteiger partial charge in [0.1, 0.15) is 0 Å². The third kappa shape index (κ3) is 4.68. The third-order valence-corrected chi connectivity index (χ3v) is 4.63. The fourth-order valence-electron chi connectivity index (χ4n) is 1.67. The standard InChI is InChI=1S/C12H18NO6P/c1-3-18-20(17,19-4-2)9-12(14)10-5-7-11(8-6-10)13(15)16/h5-8,12,14H,3-4,9H2,1-2H3/t12-/m1/s1. The second-order valence-corrected chi connectivity index (χ2v) is 6.10. The van der Waals surface area contributed by atoms with Gasteiger partial charge in [0.15, 0.2) is 0 Å². The fourth-order valence-corrected chi connectivity index (χ4v) is 3.38. The number of benzene rings is 1. The number of aliphatic hydroxyl groups excluding tert-OH is 1. The summed E-state index contributed by atoms with van der Waals surface area (Å²) in [5, 5.41) is 20.6. The topological polar surface area (TPSA) is 98.9 Å². The maximum absolute atomic E-state index is 12.3. The number of nitro benzene ring substituents is 1. The predicted octanol–water partition coefficient (Wildman–Crippen LogP) is 2.89. The van der Waals surface area contributed by atoms with Gasteiger partial charge in [-0.25, -0.2) is 0 Å². The van der Waals surface area contributed by atoms with Crippen molar-refractivity contribution in [1.29, 1.82) is 0 Å². The molecule has 0 aliphatic rings. The number of hydrogen-bond acceptors (Lipinski definition) is 6. The van der Waals surface area contributed by atoms with Gasteiger partial charge >= 0.3 is 7.60 Å². The number of aliphatic hydroxyl groups is 1. The van der Waals surface area contributed by atoms with Crippen molar-refractivity contribution < 1.29 is 23.6 Å². The lowest BCUT2D eigenvalue weighted by Gasteiger charge is -2.20.